The molecule has 29 heavy (non-hydrogen) atoms. The zero-order valence-electron chi connectivity index (χ0n) is 15.9. The van der Waals surface area contributed by atoms with Crippen LogP contribution in [0, 0.1) is 10.1 Å². The maximum absolute atomic E-state index is 12.6. The van der Waals surface area contributed by atoms with Gasteiger partial charge in [0.2, 0.25) is 10.0 Å². The lowest BCUT2D eigenvalue weighted by Crippen LogP contribution is -2.30. The summed E-state index contributed by atoms with van der Waals surface area (Å²) in [6.07, 6.45) is 3.29. The van der Waals surface area contributed by atoms with E-state index in [2.05, 4.69) is 26.5 Å². The monoisotopic (exact) mass is 480 g/mol. The molecule has 0 unspecified atom stereocenters. The number of nitro groups is 1. The van der Waals surface area contributed by atoms with Gasteiger partial charge in [0.15, 0.2) is 0 Å². The van der Waals surface area contributed by atoms with Crippen LogP contribution in [0.2, 0.25) is 0 Å². The minimum atomic E-state index is -3.80. The Labute approximate surface area is 178 Å². The summed E-state index contributed by atoms with van der Waals surface area (Å²) in [6, 6.07) is 13.3. The van der Waals surface area contributed by atoms with Crippen molar-refractivity contribution in [3.8, 4) is 0 Å². The van der Waals surface area contributed by atoms with E-state index in [1.54, 1.807) is 13.8 Å². The van der Waals surface area contributed by atoms with Crippen molar-refractivity contribution < 1.29 is 13.3 Å². The maximum Gasteiger partial charge on any atom is 0.295 e. The molecule has 8 nitrogen and oxygen atoms in total. The van der Waals surface area contributed by atoms with Gasteiger partial charge in [0.25, 0.3) is 5.69 Å². The number of sulfonamides is 1. The molecule has 0 aliphatic heterocycles. The number of halogens is 1. The van der Waals surface area contributed by atoms with Crippen LogP contribution in [-0.2, 0) is 10.0 Å². The van der Waals surface area contributed by atoms with Crippen LogP contribution in [0.25, 0.3) is 6.08 Å². The van der Waals surface area contributed by atoms with Crippen LogP contribution < -0.4 is 5.43 Å². The predicted molar refractivity (Wildman–Crippen MR) is 119 cm³/mol. The smallest absolute Gasteiger partial charge is 0.272 e. The summed E-state index contributed by atoms with van der Waals surface area (Å²) in [5.41, 5.74) is 3.27. The number of anilines is 1. The molecule has 0 saturated carbocycles. The first kappa shape index (κ1) is 22.7. The highest BCUT2D eigenvalue weighted by atomic mass is 79.9. The number of allylic oxidation sites excluding steroid dienone is 1. The number of benzene rings is 2. The van der Waals surface area contributed by atoms with E-state index in [9.17, 15) is 18.5 Å². The SMILES string of the molecule is CCN(CC)S(=O)(=O)c1ccc(NN=CC(Br)=Cc2ccccc2)c([N+](=O)[O-])c1. The molecule has 2 aromatic rings. The zero-order valence-corrected chi connectivity index (χ0v) is 18.4. The van der Waals surface area contributed by atoms with Crippen molar-refractivity contribution in [3.63, 3.8) is 0 Å². The second-order valence-corrected chi connectivity index (χ2v) is 8.69. The fourth-order valence-corrected chi connectivity index (χ4v) is 4.38. The number of nitrogens with one attached hydrogen (secondary N) is 1. The first-order valence-electron chi connectivity index (χ1n) is 8.79. The van der Waals surface area contributed by atoms with Gasteiger partial charge in [-0.05, 0) is 39.7 Å². The molecule has 0 bridgehead atoms. The van der Waals surface area contributed by atoms with E-state index in [-0.39, 0.29) is 29.4 Å². The molecule has 0 saturated heterocycles. The molecule has 2 aromatic carbocycles. The second kappa shape index (κ2) is 10.3. The quantitative estimate of drug-likeness (QED) is 0.324. The Balaban J connectivity index is 2.25. The van der Waals surface area contributed by atoms with Crippen LogP contribution in [0.4, 0.5) is 11.4 Å². The van der Waals surface area contributed by atoms with Gasteiger partial charge in [-0.15, -0.1) is 0 Å². The highest BCUT2D eigenvalue weighted by Crippen LogP contribution is 2.29. The standard InChI is InChI=1S/C19H21BrN4O4S/c1-3-23(4-2)29(27,28)17-10-11-18(19(13-17)24(25)26)22-21-14-16(20)12-15-8-6-5-7-9-15/h5-14,22H,3-4H2,1-2H3. The van der Waals surface area contributed by atoms with Gasteiger partial charge in [0.05, 0.1) is 16.0 Å². The number of hydrogen-bond donors (Lipinski definition) is 1. The Morgan fingerprint density at radius 2 is 1.86 bits per heavy atom. The molecule has 0 aromatic heterocycles. The Morgan fingerprint density at radius 1 is 1.21 bits per heavy atom. The van der Waals surface area contributed by atoms with Crippen LogP contribution >= 0.6 is 15.9 Å². The fraction of sp³-hybridized carbons (Fsp3) is 0.211. The maximum atomic E-state index is 12.6. The van der Waals surface area contributed by atoms with Gasteiger partial charge in [-0.25, -0.2) is 8.42 Å². The Kier molecular flexibility index (Phi) is 8.06. The third-order valence-electron chi connectivity index (χ3n) is 3.99. The van der Waals surface area contributed by atoms with Crippen LogP contribution in [0.15, 0.2) is 63.0 Å². The largest absolute Gasteiger partial charge is 0.295 e. The Bertz CT molecular complexity index is 1020. The van der Waals surface area contributed by atoms with Crippen LogP contribution in [-0.4, -0.2) is 37.0 Å². The van der Waals surface area contributed by atoms with Crippen molar-refractivity contribution in [2.75, 3.05) is 18.5 Å². The summed E-state index contributed by atoms with van der Waals surface area (Å²) in [4.78, 5) is 10.7. The highest BCUT2D eigenvalue weighted by Gasteiger charge is 2.25. The minimum Gasteiger partial charge on any atom is -0.272 e. The van der Waals surface area contributed by atoms with Gasteiger partial charge >= 0.3 is 0 Å². The van der Waals surface area contributed by atoms with E-state index in [0.29, 0.717) is 4.48 Å². The Hall–Kier alpha value is -2.56. The molecule has 0 fully saturated rings. The Morgan fingerprint density at radius 3 is 2.45 bits per heavy atom. The fourth-order valence-electron chi connectivity index (χ4n) is 2.54. The highest BCUT2D eigenvalue weighted by molar-refractivity contribution is 9.12. The van der Waals surface area contributed by atoms with Crippen molar-refractivity contribution in [2.45, 2.75) is 18.7 Å². The number of nitrogens with zero attached hydrogens (tertiary/aromatic N) is 3. The number of nitro benzene ring substituents is 1. The lowest BCUT2D eigenvalue weighted by atomic mass is 10.2. The molecule has 1 N–H and O–H groups in total. The topological polar surface area (TPSA) is 105 Å². The molecule has 0 amide bonds. The second-order valence-electron chi connectivity index (χ2n) is 5.84. The van der Waals surface area contributed by atoms with E-state index >= 15 is 0 Å². The lowest BCUT2D eigenvalue weighted by Gasteiger charge is -2.18. The van der Waals surface area contributed by atoms with Crippen LogP contribution in [0.3, 0.4) is 0 Å². The summed E-state index contributed by atoms with van der Waals surface area (Å²) in [7, 11) is -3.80. The molecule has 0 radical (unpaired) electrons. The van der Waals surface area contributed by atoms with Crippen molar-refractivity contribution >= 4 is 49.6 Å². The lowest BCUT2D eigenvalue weighted by molar-refractivity contribution is -0.384. The van der Waals surface area contributed by atoms with E-state index in [0.717, 1.165) is 11.6 Å². The molecule has 10 heteroatoms. The molecular formula is C19H21BrN4O4S. The van der Waals surface area contributed by atoms with Crippen LogP contribution in [0.1, 0.15) is 19.4 Å². The van der Waals surface area contributed by atoms with Crippen molar-refractivity contribution in [1.82, 2.24) is 4.31 Å². The van der Waals surface area contributed by atoms with Crippen molar-refractivity contribution in [3.05, 3.63) is 68.7 Å². The number of rotatable bonds is 9. The molecule has 0 spiro atoms. The van der Waals surface area contributed by atoms with E-state index in [1.807, 2.05) is 36.4 Å². The minimum absolute atomic E-state index is 0.0877. The summed E-state index contributed by atoms with van der Waals surface area (Å²) in [6.45, 7) is 3.97. The normalized spacial score (nSPS) is 12.5. The molecule has 0 atom stereocenters. The van der Waals surface area contributed by atoms with Gasteiger partial charge < -0.3 is 0 Å². The molecular weight excluding hydrogens is 460 g/mol. The summed E-state index contributed by atoms with van der Waals surface area (Å²) >= 11 is 3.36. The first-order chi connectivity index (χ1) is 13.8. The summed E-state index contributed by atoms with van der Waals surface area (Å²) in [5.74, 6) is 0. The predicted octanol–water partition coefficient (Wildman–Crippen LogP) is 4.46. The van der Waals surface area contributed by atoms with Crippen LogP contribution in [0.5, 0.6) is 0 Å². The molecule has 2 rings (SSSR count). The van der Waals surface area contributed by atoms with Gasteiger partial charge in [0.1, 0.15) is 5.69 Å². The zero-order chi connectivity index (χ0) is 21.4. The van der Waals surface area contributed by atoms with Crippen molar-refractivity contribution in [1.29, 1.82) is 0 Å². The van der Waals surface area contributed by atoms with Gasteiger partial charge in [-0.3, -0.25) is 15.5 Å². The van der Waals surface area contributed by atoms with Crippen molar-refractivity contribution in [2.24, 2.45) is 5.10 Å². The summed E-state index contributed by atoms with van der Waals surface area (Å²) in [5, 5.41) is 15.4. The van der Waals surface area contributed by atoms with Gasteiger partial charge in [-0.2, -0.15) is 9.41 Å². The van der Waals surface area contributed by atoms with E-state index in [1.165, 1.54) is 22.7 Å². The molecule has 154 valence electrons. The third-order valence-corrected chi connectivity index (χ3v) is 6.47. The number of hydrazone groups is 1. The molecule has 0 aliphatic carbocycles. The first-order valence-corrected chi connectivity index (χ1v) is 11.0. The van der Waals surface area contributed by atoms with E-state index in [4.69, 9.17) is 0 Å². The van der Waals surface area contributed by atoms with Gasteiger partial charge in [-0.1, -0.05) is 44.2 Å². The molecule has 0 heterocycles. The summed E-state index contributed by atoms with van der Waals surface area (Å²) < 4.78 is 27.1. The molecule has 0 aliphatic rings. The third kappa shape index (κ3) is 5.96. The average molecular weight is 481 g/mol. The van der Waals surface area contributed by atoms with Gasteiger partial charge in [0, 0.05) is 23.6 Å². The average Bonchev–Trinajstić information content (AvgIpc) is 2.69. The van der Waals surface area contributed by atoms with E-state index < -0.39 is 14.9 Å². The number of hydrogen-bond acceptors (Lipinski definition) is 6.